The molecule has 0 aliphatic heterocycles. The van der Waals surface area contributed by atoms with Crippen molar-refractivity contribution in [3.05, 3.63) is 35.9 Å². The minimum atomic E-state index is 0. The van der Waals surface area contributed by atoms with Crippen LogP contribution in [0.25, 0.3) is 0 Å². The van der Waals surface area contributed by atoms with E-state index in [9.17, 15) is 0 Å². The summed E-state index contributed by atoms with van der Waals surface area (Å²) in [6.07, 6.45) is 9.46. The van der Waals surface area contributed by atoms with Crippen molar-refractivity contribution in [2.24, 2.45) is 0 Å². The first-order chi connectivity index (χ1) is 6.93. The number of hydrogen-bond acceptors (Lipinski definition) is 0. The van der Waals surface area contributed by atoms with Gasteiger partial charge in [-0.1, -0.05) is 51.9 Å². The average molecular weight is 248 g/mol. The van der Waals surface area contributed by atoms with Crippen LogP contribution < -0.4 is 0 Å². The minimum absolute atomic E-state index is 0. The number of unbranched alkanes of at least 4 members (excludes halogenated alkanes) is 5. The maximum atomic E-state index is 3.27. The fraction of sp³-hybridized carbons (Fsp3) is 0.571. The molecule has 0 amide bonds. The zero-order valence-corrected chi connectivity index (χ0v) is 10.6. The summed E-state index contributed by atoms with van der Waals surface area (Å²) in [4.78, 5) is 0. The third kappa shape index (κ3) is 7.62. The molecule has 0 unspecified atom stereocenters. The Balaban J connectivity index is 0.00000196. The van der Waals surface area contributed by atoms with Crippen LogP contribution in [0.5, 0.6) is 0 Å². The predicted molar refractivity (Wildman–Crippen MR) is 62.4 cm³/mol. The molecule has 0 radical (unpaired) electrons. The van der Waals surface area contributed by atoms with Crippen molar-refractivity contribution in [1.29, 1.82) is 0 Å². The van der Waals surface area contributed by atoms with E-state index in [2.05, 4.69) is 25.1 Å². The molecule has 1 heteroatoms. The molecule has 0 spiro atoms. The van der Waals surface area contributed by atoms with Crippen molar-refractivity contribution in [2.45, 2.75) is 51.9 Å². The van der Waals surface area contributed by atoms with Gasteiger partial charge in [0.05, 0.1) is 0 Å². The van der Waals surface area contributed by atoms with E-state index in [1.165, 1.54) is 50.5 Å². The maximum Gasteiger partial charge on any atom is 0 e. The van der Waals surface area contributed by atoms with Gasteiger partial charge in [0.2, 0.25) is 0 Å². The molecule has 0 aliphatic rings. The Labute approximate surface area is 104 Å². The molecule has 0 saturated carbocycles. The smallest absolute Gasteiger partial charge is 0 e. The van der Waals surface area contributed by atoms with Crippen LogP contribution in [0.4, 0.5) is 0 Å². The van der Waals surface area contributed by atoms with E-state index in [1.807, 2.05) is 12.1 Å². The largest absolute Gasteiger partial charge is 0.180 e. The Morgan fingerprint density at radius 1 is 1.00 bits per heavy atom. The molecule has 0 heterocycles. The topological polar surface area (TPSA) is 0 Å². The van der Waals surface area contributed by atoms with Crippen molar-refractivity contribution in [3.8, 4) is 0 Å². The zero-order valence-electron chi connectivity index (χ0n) is 9.58. The van der Waals surface area contributed by atoms with Crippen LogP contribution in [0, 0.1) is 6.07 Å². The van der Waals surface area contributed by atoms with Crippen LogP contribution in [0.2, 0.25) is 0 Å². The molecule has 0 atom stereocenters. The molecule has 15 heavy (non-hydrogen) atoms. The molecular weight excluding hydrogens is 227 g/mol. The van der Waals surface area contributed by atoms with Gasteiger partial charge in [-0.05, 0) is 0 Å². The van der Waals surface area contributed by atoms with Gasteiger partial charge in [-0.3, -0.25) is 0 Å². The Hall–Kier alpha value is -0.286. The van der Waals surface area contributed by atoms with Crippen molar-refractivity contribution in [3.63, 3.8) is 0 Å². The molecular formula is C14H21Ni-. The van der Waals surface area contributed by atoms with Gasteiger partial charge in [0.15, 0.2) is 0 Å². The van der Waals surface area contributed by atoms with Gasteiger partial charge in [-0.2, -0.15) is 35.9 Å². The number of benzene rings is 1. The fourth-order valence-corrected chi connectivity index (χ4v) is 1.68. The molecule has 1 rings (SSSR count). The van der Waals surface area contributed by atoms with Gasteiger partial charge < -0.3 is 0 Å². The summed E-state index contributed by atoms with van der Waals surface area (Å²) in [5.74, 6) is 0. The number of hydrogen-bond donors (Lipinski definition) is 0. The zero-order chi connectivity index (χ0) is 10.1. The van der Waals surface area contributed by atoms with E-state index >= 15 is 0 Å². The van der Waals surface area contributed by atoms with Crippen molar-refractivity contribution in [1.82, 2.24) is 0 Å². The van der Waals surface area contributed by atoms with Crippen LogP contribution >= 0.6 is 0 Å². The first-order valence-electron chi connectivity index (χ1n) is 5.89. The Kier molecular flexibility index (Phi) is 10.0. The van der Waals surface area contributed by atoms with Gasteiger partial charge in [0, 0.05) is 16.5 Å². The first kappa shape index (κ1) is 14.7. The third-order valence-corrected chi connectivity index (χ3v) is 2.57. The van der Waals surface area contributed by atoms with E-state index in [-0.39, 0.29) is 16.5 Å². The van der Waals surface area contributed by atoms with Crippen LogP contribution in [-0.4, -0.2) is 0 Å². The van der Waals surface area contributed by atoms with Gasteiger partial charge >= 0.3 is 0 Å². The van der Waals surface area contributed by atoms with Crippen LogP contribution in [0.1, 0.15) is 51.0 Å². The van der Waals surface area contributed by atoms with Crippen molar-refractivity contribution < 1.29 is 16.5 Å². The quantitative estimate of drug-likeness (QED) is 0.381. The van der Waals surface area contributed by atoms with Gasteiger partial charge in [-0.15, -0.1) is 0 Å². The predicted octanol–water partition coefficient (Wildman–Crippen LogP) is 4.39. The molecule has 1 aromatic carbocycles. The molecule has 0 N–H and O–H groups in total. The first-order valence-corrected chi connectivity index (χ1v) is 5.89. The molecule has 0 saturated heterocycles. The number of aryl methyl sites for hydroxylation is 1. The Bertz CT molecular complexity index is 218. The van der Waals surface area contributed by atoms with E-state index < -0.39 is 0 Å². The van der Waals surface area contributed by atoms with E-state index in [0.717, 1.165) is 0 Å². The summed E-state index contributed by atoms with van der Waals surface area (Å²) in [6, 6.07) is 11.6. The van der Waals surface area contributed by atoms with Crippen LogP contribution in [0.3, 0.4) is 0 Å². The average Bonchev–Trinajstić information content (AvgIpc) is 2.25. The second-order valence-electron chi connectivity index (χ2n) is 3.91. The third-order valence-electron chi connectivity index (χ3n) is 2.57. The fourth-order valence-electron chi connectivity index (χ4n) is 1.68. The molecule has 1 aromatic rings. The van der Waals surface area contributed by atoms with E-state index in [4.69, 9.17) is 0 Å². The van der Waals surface area contributed by atoms with Crippen LogP contribution in [0.15, 0.2) is 24.3 Å². The molecule has 0 aliphatic carbocycles. The van der Waals surface area contributed by atoms with E-state index in [0.29, 0.717) is 0 Å². The Morgan fingerprint density at radius 2 is 1.73 bits per heavy atom. The van der Waals surface area contributed by atoms with Gasteiger partial charge in [0.25, 0.3) is 0 Å². The second-order valence-corrected chi connectivity index (χ2v) is 3.91. The van der Waals surface area contributed by atoms with Crippen LogP contribution in [-0.2, 0) is 22.9 Å². The molecule has 0 nitrogen and oxygen atoms in total. The molecule has 0 bridgehead atoms. The van der Waals surface area contributed by atoms with Crippen molar-refractivity contribution >= 4 is 0 Å². The summed E-state index contributed by atoms with van der Waals surface area (Å²) in [7, 11) is 0. The maximum absolute atomic E-state index is 3.27. The molecule has 0 aromatic heterocycles. The summed E-state index contributed by atoms with van der Waals surface area (Å²) in [5, 5.41) is 0. The van der Waals surface area contributed by atoms with Crippen molar-refractivity contribution in [2.75, 3.05) is 0 Å². The SMILES string of the molecule is CCCCCCCCc1[c-]cccc1.[Ni]. The number of rotatable bonds is 7. The molecule has 0 fully saturated rings. The van der Waals surface area contributed by atoms with E-state index in [1.54, 1.807) is 0 Å². The summed E-state index contributed by atoms with van der Waals surface area (Å²) < 4.78 is 0. The minimum Gasteiger partial charge on any atom is -0.180 e. The van der Waals surface area contributed by atoms with Gasteiger partial charge in [0.1, 0.15) is 0 Å². The summed E-state index contributed by atoms with van der Waals surface area (Å²) in [5.41, 5.74) is 1.36. The van der Waals surface area contributed by atoms with Gasteiger partial charge in [-0.25, -0.2) is 0 Å². The molecule has 88 valence electrons. The summed E-state index contributed by atoms with van der Waals surface area (Å²) >= 11 is 0. The Morgan fingerprint density at radius 3 is 2.40 bits per heavy atom. The normalized spacial score (nSPS) is 9.67. The standard InChI is InChI=1S/C14H21.Ni/c1-2-3-4-5-6-8-11-14-12-9-7-10-13-14;/h7,9-10,12H,2-6,8,11H2,1H3;/q-1;. The monoisotopic (exact) mass is 247 g/mol. The second kappa shape index (κ2) is 10.2. The summed E-state index contributed by atoms with van der Waals surface area (Å²) in [6.45, 7) is 2.26.